The summed E-state index contributed by atoms with van der Waals surface area (Å²) >= 11 is 5.85. The van der Waals surface area contributed by atoms with Crippen LogP contribution in [-0.2, 0) is 0 Å². The number of amides is 1. The summed E-state index contributed by atoms with van der Waals surface area (Å²) in [5.41, 5.74) is 1.45. The Labute approximate surface area is 116 Å². The molecular weight excluding hydrogens is 264 g/mol. The van der Waals surface area contributed by atoms with Crippen LogP contribution in [0.4, 0.5) is 11.6 Å². The highest BCUT2D eigenvalue weighted by atomic mass is 35.5. The lowest BCUT2D eigenvalue weighted by molar-refractivity contribution is 0.102. The van der Waals surface area contributed by atoms with Gasteiger partial charge in [-0.25, -0.2) is 9.97 Å². The van der Waals surface area contributed by atoms with E-state index in [9.17, 15) is 4.79 Å². The Morgan fingerprint density at radius 1 is 1.26 bits per heavy atom. The number of hydrogen-bond donors (Lipinski definition) is 2. The van der Waals surface area contributed by atoms with Crippen molar-refractivity contribution in [1.29, 1.82) is 0 Å². The van der Waals surface area contributed by atoms with Gasteiger partial charge in [0.15, 0.2) is 0 Å². The lowest BCUT2D eigenvalue weighted by Gasteiger charge is -2.07. The van der Waals surface area contributed by atoms with Crippen molar-refractivity contribution in [2.75, 3.05) is 17.7 Å². The number of nitrogens with one attached hydrogen (secondary N) is 2. The van der Waals surface area contributed by atoms with Crippen LogP contribution in [0.15, 0.2) is 30.5 Å². The summed E-state index contributed by atoms with van der Waals surface area (Å²) in [6, 6.07) is 6.75. The normalized spacial score (nSPS) is 10.1. The third-order valence-electron chi connectivity index (χ3n) is 2.47. The third kappa shape index (κ3) is 3.42. The van der Waals surface area contributed by atoms with E-state index in [4.69, 9.17) is 11.6 Å². The van der Waals surface area contributed by atoms with Crippen molar-refractivity contribution in [2.24, 2.45) is 0 Å². The summed E-state index contributed by atoms with van der Waals surface area (Å²) in [4.78, 5) is 20.2. The number of rotatable bonds is 3. The van der Waals surface area contributed by atoms with Crippen LogP contribution >= 0.6 is 11.6 Å². The number of nitrogens with zero attached hydrogens (tertiary/aromatic N) is 2. The molecule has 0 spiro atoms. The van der Waals surface area contributed by atoms with Crippen LogP contribution in [0.2, 0.25) is 5.15 Å². The van der Waals surface area contributed by atoms with E-state index in [2.05, 4.69) is 20.6 Å². The standard InChI is InChI=1S/C13H13ClN4O/c1-8-3-4-11(16-7-8)18-13(19)9-5-10(14)17-12(6-9)15-2/h3-7H,1-2H3,(H,15,17)(H,16,18,19). The monoisotopic (exact) mass is 276 g/mol. The molecule has 19 heavy (non-hydrogen) atoms. The minimum Gasteiger partial charge on any atom is -0.373 e. The van der Waals surface area contributed by atoms with Gasteiger partial charge in [-0.1, -0.05) is 17.7 Å². The molecule has 0 aliphatic heterocycles. The van der Waals surface area contributed by atoms with Gasteiger partial charge in [-0.3, -0.25) is 4.79 Å². The van der Waals surface area contributed by atoms with E-state index < -0.39 is 0 Å². The Kier molecular flexibility index (Phi) is 3.97. The summed E-state index contributed by atoms with van der Waals surface area (Å²) < 4.78 is 0. The van der Waals surface area contributed by atoms with Crippen LogP contribution in [0.25, 0.3) is 0 Å². The molecule has 2 heterocycles. The van der Waals surface area contributed by atoms with E-state index >= 15 is 0 Å². The van der Waals surface area contributed by atoms with E-state index in [-0.39, 0.29) is 11.1 Å². The first kappa shape index (κ1) is 13.3. The minimum atomic E-state index is -0.280. The Bertz CT molecular complexity index is 598. The van der Waals surface area contributed by atoms with Crippen LogP contribution in [0.5, 0.6) is 0 Å². The number of halogens is 1. The van der Waals surface area contributed by atoms with Gasteiger partial charge in [0.1, 0.15) is 16.8 Å². The van der Waals surface area contributed by atoms with Gasteiger partial charge in [0.25, 0.3) is 5.91 Å². The van der Waals surface area contributed by atoms with E-state index in [0.29, 0.717) is 17.2 Å². The predicted octanol–water partition coefficient (Wildman–Crippen LogP) is 2.73. The number of anilines is 2. The summed E-state index contributed by atoms with van der Waals surface area (Å²) in [6.07, 6.45) is 1.69. The highest BCUT2D eigenvalue weighted by Gasteiger charge is 2.09. The number of carbonyl (C=O) groups is 1. The maximum Gasteiger partial charge on any atom is 0.257 e. The Hall–Kier alpha value is -2.14. The fourth-order valence-electron chi connectivity index (χ4n) is 1.49. The van der Waals surface area contributed by atoms with Gasteiger partial charge in [0.05, 0.1) is 0 Å². The zero-order valence-corrected chi connectivity index (χ0v) is 11.3. The molecule has 0 aliphatic rings. The van der Waals surface area contributed by atoms with Crippen LogP contribution < -0.4 is 10.6 Å². The van der Waals surface area contributed by atoms with Gasteiger partial charge in [-0.15, -0.1) is 0 Å². The summed E-state index contributed by atoms with van der Waals surface area (Å²) in [5, 5.41) is 5.80. The Morgan fingerprint density at radius 2 is 2.05 bits per heavy atom. The lowest BCUT2D eigenvalue weighted by Crippen LogP contribution is -2.13. The second kappa shape index (κ2) is 5.67. The molecule has 98 valence electrons. The average molecular weight is 277 g/mol. The zero-order valence-electron chi connectivity index (χ0n) is 10.6. The largest absolute Gasteiger partial charge is 0.373 e. The molecule has 0 fully saturated rings. The molecule has 0 radical (unpaired) electrons. The molecule has 0 saturated carbocycles. The molecule has 2 aromatic heterocycles. The SMILES string of the molecule is CNc1cc(C(=O)Nc2ccc(C)cn2)cc(Cl)n1. The van der Waals surface area contributed by atoms with E-state index in [0.717, 1.165) is 5.56 Å². The summed E-state index contributed by atoms with van der Waals surface area (Å²) in [5.74, 6) is 0.751. The van der Waals surface area contributed by atoms with Gasteiger partial charge in [0, 0.05) is 18.8 Å². The zero-order chi connectivity index (χ0) is 13.8. The molecule has 2 rings (SSSR count). The second-order valence-electron chi connectivity index (χ2n) is 3.99. The van der Waals surface area contributed by atoms with Crippen LogP contribution in [0.1, 0.15) is 15.9 Å². The summed E-state index contributed by atoms with van der Waals surface area (Å²) in [6.45, 7) is 1.93. The third-order valence-corrected chi connectivity index (χ3v) is 2.66. The smallest absolute Gasteiger partial charge is 0.257 e. The number of hydrogen-bond acceptors (Lipinski definition) is 4. The minimum absolute atomic E-state index is 0.258. The van der Waals surface area contributed by atoms with Crippen molar-refractivity contribution < 1.29 is 4.79 Å². The first-order valence-electron chi connectivity index (χ1n) is 5.68. The number of aromatic nitrogens is 2. The van der Waals surface area contributed by atoms with Crippen LogP contribution in [0, 0.1) is 6.92 Å². The fraction of sp³-hybridized carbons (Fsp3) is 0.154. The average Bonchev–Trinajstić information content (AvgIpc) is 2.40. The molecule has 6 heteroatoms. The first-order chi connectivity index (χ1) is 9.08. The van der Waals surface area contributed by atoms with Crippen molar-refractivity contribution >= 4 is 29.1 Å². The molecule has 1 amide bonds. The Morgan fingerprint density at radius 3 is 2.68 bits per heavy atom. The topological polar surface area (TPSA) is 66.9 Å². The van der Waals surface area contributed by atoms with Gasteiger partial charge < -0.3 is 10.6 Å². The van der Waals surface area contributed by atoms with Gasteiger partial charge in [-0.2, -0.15) is 0 Å². The van der Waals surface area contributed by atoms with Gasteiger partial charge in [-0.05, 0) is 30.7 Å². The molecule has 0 aliphatic carbocycles. The van der Waals surface area contributed by atoms with E-state index in [1.165, 1.54) is 6.07 Å². The fourth-order valence-corrected chi connectivity index (χ4v) is 1.69. The van der Waals surface area contributed by atoms with Crippen LogP contribution in [0.3, 0.4) is 0 Å². The number of pyridine rings is 2. The number of carbonyl (C=O) groups excluding carboxylic acids is 1. The predicted molar refractivity (Wildman–Crippen MR) is 75.7 cm³/mol. The van der Waals surface area contributed by atoms with Crippen molar-refractivity contribution in [3.8, 4) is 0 Å². The van der Waals surface area contributed by atoms with Crippen molar-refractivity contribution in [3.63, 3.8) is 0 Å². The molecule has 5 nitrogen and oxygen atoms in total. The Balaban J connectivity index is 2.20. The number of aryl methyl sites for hydroxylation is 1. The quantitative estimate of drug-likeness (QED) is 0.846. The van der Waals surface area contributed by atoms with Crippen molar-refractivity contribution in [3.05, 3.63) is 46.7 Å². The van der Waals surface area contributed by atoms with E-state index in [1.54, 1.807) is 25.4 Å². The molecule has 0 atom stereocenters. The molecule has 0 aromatic carbocycles. The van der Waals surface area contributed by atoms with Crippen molar-refractivity contribution in [2.45, 2.75) is 6.92 Å². The van der Waals surface area contributed by atoms with Crippen molar-refractivity contribution in [1.82, 2.24) is 9.97 Å². The first-order valence-corrected chi connectivity index (χ1v) is 6.05. The lowest BCUT2D eigenvalue weighted by atomic mass is 10.2. The molecule has 0 saturated heterocycles. The molecular formula is C13H13ClN4O. The van der Waals surface area contributed by atoms with Crippen LogP contribution in [-0.4, -0.2) is 22.9 Å². The molecule has 0 bridgehead atoms. The molecule has 0 unspecified atom stereocenters. The highest BCUT2D eigenvalue weighted by Crippen LogP contribution is 2.15. The maximum atomic E-state index is 12.1. The van der Waals surface area contributed by atoms with Gasteiger partial charge >= 0.3 is 0 Å². The summed E-state index contributed by atoms with van der Waals surface area (Å²) in [7, 11) is 1.71. The second-order valence-corrected chi connectivity index (χ2v) is 4.38. The van der Waals surface area contributed by atoms with E-state index in [1.807, 2.05) is 13.0 Å². The highest BCUT2D eigenvalue weighted by molar-refractivity contribution is 6.30. The maximum absolute atomic E-state index is 12.1. The van der Waals surface area contributed by atoms with Gasteiger partial charge in [0.2, 0.25) is 0 Å². The molecule has 2 aromatic rings. The molecule has 2 N–H and O–H groups in total.